The Morgan fingerprint density at radius 1 is 0.400 bits per heavy atom. The second-order valence-electron chi connectivity index (χ2n) is 9.91. The molecule has 194 valence electrons. The Morgan fingerprint density at radius 2 is 0.675 bits per heavy atom. The van der Waals surface area contributed by atoms with Crippen LogP contribution in [0, 0.1) is 13.8 Å². The van der Waals surface area contributed by atoms with Crippen molar-refractivity contribution in [3.8, 4) is 0 Å². The number of fused-ring (bicyclic) bond motifs is 2. The van der Waals surface area contributed by atoms with E-state index in [0.29, 0.717) is 0 Å². The quantitative estimate of drug-likeness (QED) is 0.189. The van der Waals surface area contributed by atoms with Gasteiger partial charge in [-0.15, -0.1) is 22.7 Å². The Morgan fingerprint density at radius 3 is 0.950 bits per heavy atom. The third-order valence-corrected chi connectivity index (χ3v) is 9.27. The van der Waals surface area contributed by atoms with Crippen LogP contribution in [0.15, 0.2) is 133 Å². The van der Waals surface area contributed by atoms with Gasteiger partial charge in [0, 0.05) is 43.3 Å². The van der Waals surface area contributed by atoms with Gasteiger partial charge in [0.25, 0.3) is 0 Å². The van der Waals surface area contributed by atoms with E-state index in [9.17, 15) is 0 Å². The van der Waals surface area contributed by atoms with Crippen LogP contribution in [0.4, 0.5) is 34.1 Å². The van der Waals surface area contributed by atoms with Crippen molar-refractivity contribution in [1.82, 2.24) is 0 Å². The highest BCUT2D eigenvalue weighted by Gasteiger charge is 2.27. The molecule has 2 heterocycles. The number of para-hydroxylation sites is 4. The Hall–Kier alpha value is -4.38. The lowest BCUT2D eigenvalue weighted by Gasteiger charge is -2.30. The maximum absolute atomic E-state index is 2.44. The zero-order valence-electron chi connectivity index (χ0n) is 22.4. The summed E-state index contributed by atoms with van der Waals surface area (Å²) in [5.74, 6) is 0. The molecule has 0 N–H and O–H groups in total. The predicted octanol–water partition coefficient (Wildman–Crippen LogP) is 11.7. The Bertz CT molecular complexity index is 1630. The second-order valence-corrected chi connectivity index (χ2v) is 12.4. The van der Waals surface area contributed by atoms with E-state index >= 15 is 0 Å². The summed E-state index contributed by atoms with van der Waals surface area (Å²) in [6, 6.07) is 47.7. The van der Waals surface area contributed by atoms with E-state index in [4.69, 9.17) is 0 Å². The molecule has 0 atom stereocenters. The summed E-state index contributed by atoms with van der Waals surface area (Å²) in [4.78, 5) is 7.47. The zero-order chi connectivity index (χ0) is 27.1. The van der Waals surface area contributed by atoms with Gasteiger partial charge >= 0.3 is 0 Å². The minimum absolute atomic E-state index is 1.15. The molecular weight excluding hydrogens is 525 g/mol. The number of benzene rings is 5. The van der Waals surface area contributed by atoms with E-state index in [2.05, 4.69) is 157 Å². The van der Waals surface area contributed by atoms with Crippen molar-refractivity contribution in [1.29, 1.82) is 0 Å². The molecule has 0 spiro atoms. The van der Waals surface area contributed by atoms with Gasteiger partial charge in [-0.25, -0.2) is 0 Å². The molecule has 0 amide bonds. The molecule has 0 aliphatic carbocycles. The van der Waals surface area contributed by atoms with Crippen LogP contribution in [0.1, 0.15) is 9.75 Å². The molecule has 0 saturated heterocycles. The molecule has 5 aromatic carbocycles. The van der Waals surface area contributed by atoms with Crippen LogP contribution in [0.2, 0.25) is 0 Å². The van der Waals surface area contributed by atoms with Gasteiger partial charge in [-0.2, -0.15) is 0 Å². The molecule has 0 unspecified atom stereocenters. The lowest BCUT2D eigenvalue weighted by molar-refractivity contribution is 1.30. The van der Waals surface area contributed by atoms with E-state index in [1.165, 1.54) is 41.3 Å². The van der Waals surface area contributed by atoms with E-state index in [-0.39, 0.29) is 0 Å². The fourth-order valence-electron chi connectivity index (χ4n) is 5.54. The standard InChI is InChI=1S/C36H28N2S2/c1-25-23-31-33(37(27-15-7-3-8-16-27)28-17-9-4-10-18-28)36-32(24-26(2)40-36)34(35(31)39-25)38(29-19-11-5-12-20-29)30-21-13-6-14-22-30/h3-24H,1-2H3. The number of anilines is 6. The summed E-state index contributed by atoms with van der Waals surface area (Å²) < 4.78 is 2.59. The number of nitrogens with zero attached hydrogens (tertiary/aromatic N) is 2. The highest BCUT2D eigenvalue weighted by atomic mass is 32.1. The van der Waals surface area contributed by atoms with Crippen molar-refractivity contribution in [2.75, 3.05) is 9.80 Å². The van der Waals surface area contributed by atoms with Crippen molar-refractivity contribution in [2.24, 2.45) is 0 Å². The summed E-state index contributed by atoms with van der Waals surface area (Å²) >= 11 is 3.76. The molecule has 0 radical (unpaired) electrons. The second kappa shape index (κ2) is 10.3. The number of hydrogen-bond donors (Lipinski definition) is 0. The van der Waals surface area contributed by atoms with Crippen LogP contribution in [0.3, 0.4) is 0 Å². The largest absolute Gasteiger partial charge is 0.308 e. The minimum Gasteiger partial charge on any atom is -0.308 e. The Balaban J connectivity index is 1.62. The monoisotopic (exact) mass is 552 g/mol. The molecule has 2 nitrogen and oxygen atoms in total. The van der Waals surface area contributed by atoms with Gasteiger partial charge in [0.15, 0.2) is 0 Å². The number of hydrogen-bond acceptors (Lipinski definition) is 4. The van der Waals surface area contributed by atoms with Gasteiger partial charge in [0.05, 0.1) is 20.8 Å². The van der Waals surface area contributed by atoms with Crippen molar-refractivity contribution >= 4 is 77.0 Å². The molecule has 0 bridgehead atoms. The van der Waals surface area contributed by atoms with Gasteiger partial charge in [-0.3, -0.25) is 0 Å². The number of rotatable bonds is 6. The molecule has 40 heavy (non-hydrogen) atoms. The highest BCUT2D eigenvalue weighted by molar-refractivity contribution is 7.22. The summed E-state index contributed by atoms with van der Waals surface area (Å²) in [5.41, 5.74) is 7.11. The molecule has 0 aliphatic heterocycles. The average Bonchev–Trinajstić information content (AvgIpc) is 3.58. The molecule has 2 aromatic heterocycles. The average molecular weight is 553 g/mol. The van der Waals surface area contributed by atoms with Gasteiger partial charge < -0.3 is 9.80 Å². The molecule has 0 saturated carbocycles. The maximum Gasteiger partial charge on any atom is 0.0728 e. The third kappa shape index (κ3) is 4.26. The number of aryl methyl sites for hydroxylation is 2. The fourth-order valence-corrected chi connectivity index (χ4v) is 7.67. The molecule has 0 aliphatic rings. The number of thiophene rings is 2. The Kier molecular flexibility index (Phi) is 6.35. The van der Waals surface area contributed by atoms with Crippen molar-refractivity contribution < 1.29 is 0 Å². The van der Waals surface area contributed by atoms with E-state index in [1.807, 2.05) is 22.7 Å². The maximum atomic E-state index is 2.44. The first-order valence-corrected chi connectivity index (χ1v) is 15.1. The van der Waals surface area contributed by atoms with Crippen LogP contribution in [-0.4, -0.2) is 0 Å². The molecular formula is C36H28N2S2. The lowest BCUT2D eigenvalue weighted by Crippen LogP contribution is -2.13. The normalized spacial score (nSPS) is 11.2. The van der Waals surface area contributed by atoms with E-state index < -0.39 is 0 Å². The summed E-state index contributed by atoms with van der Waals surface area (Å²) in [6.07, 6.45) is 0. The summed E-state index contributed by atoms with van der Waals surface area (Å²) in [6.45, 7) is 4.45. The zero-order valence-corrected chi connectivity index (χ0v) is 24.0. The fraction of sp³-hybridized carbons (Fsp3) is 0.0556. The van der Waals surface area contributed by atoms with Crippen LogP contribution in [0.5, 0.6) is 0 Å². The smallest absolute Gasteiger partial charge is 0.0728 e. The summed E-state index contributed by atoms with van der Waals surface area (Å²) in [7, 11) is 0. The molecule has 0 fully saturated rings. The van der Waals surface area contributed by atoms with Crippen LogP contribution in [0.25, 0.3) is 20.2 Å². The molecule has 7 rings (SSSR count). The molecule has 7 aromatic rings. The first-order chi connectivity index (χ1) is 19.7. The van der Waals surface area contributed by atoms with Gasteiger partial charge in [-0.05, 0) is 74.5 Å². The van der Waals surface area contributed by atoms with Crippen molar-refractivity contribution in [3.63, 3.8) is 0 Å². The SMILES string of the molecule is Cc1cc2c(N(c3ccccc3)c3ccccc3)c3sc(C)cc3c(N(c3ccccc3)c3ccccc3)c2s1. The predicted molar refractivity (Wildman–Crippen MR) is 176 cm³/mol. The highest BCUT2D eigenvalue weighted by Crippen LogP contribution is 2.54. The first-order valence-electron chi connectivity index (χ1n) is 13.5. The van der Waals surface area contributed by atoms with Crippen molar-refractivity contribution in [2.45, 2.75) is 13.8 Å². The van der Waals surface area contributed by atoms with E-state index in [1.54, 1.807) is 0 Å². The topological polar surface area (TPSA) is 6.48 Å². The Labute approximate surface area is 243 Å². The van der Waals surface area contributed by atoms with E-state index in [0.717, 1.165) is 22.7 Å². The van der Waals surface area contributed by atoms with Gasteiger partial charge in [0.2, 0.25) is 0 Å². The van der Waals surface area contributed by atoms with Crippen LogP contribution >= 0.6 is 22.7 Å². The first kappa shape index (κ1) is 24.6. The lowest BCUT2D eigenvalue weighted by atomic mass is 10.0. The van der Waals surface area contributed by atoms with Crippen molar-refractivity contribution in [3.05, 3.63) is 143 Å². The van der Waals surface area contributed by atoms with Crippen LogP contribution in [-0.2, 0) is 0 Å². The van der Waals surface area contributed by atoms with Gasteiger partial charge in [0.1, 0.15) is 0 Å². The minimum atomic E-state index is 1.15. The summed E-state index contributed by atoms with van der Waals surface area (Å²) in [5, 5.41) is 2.55. The van der Waals surface area contributed by atoms with Gasteiger partial charge in [-0.1, -0.05) is 72.8 Å². The third-order valence-electron chi connectivity index (χ3n) is 7.16. The van der Waals surface area contributed by atoms with Crippen LogP contribution < -0.4 is 9.80 Å². The molecule has 4 heteroatoms.